The standard InChI is InChI=1S/C14H15NS/c15-13(11-6-9-16-10-11)14(7-8-14)12-4-2-1-3-5-12/h1-6,9-10,13H,7-8,15H2. The van der Waals surface area contributed by atoms with Crippen molar-refractivity contribution >= 4 is 11.3 Å². The molecule has 0 bridgehead atoms. The fourth-order valence-corrected chi connectivity index (χ4v) is 3.15. The molecule has 1 nitrogen and oxygen atoms in total. The molecule has 1 unspecified atom stereocenters. The Morgan fingerprint density at radius 1 is 1.12 bits per heavy atom. The summed E-state index contributed by atoms with van der Waals surface area (Å²) < 4.78 is 0. The third-order valence-corrected chi connectivity index (χ3v) is 4.34. The second-order valence-corrected chi connectivity index (χ2v) is 5.34. The van der Waals surface area contributed by atoms with Crippen LogP contribution in [-0.2, 0) is 5.41 Å². The lowest BCUT2D eigenvalue weighted by Crippen LogP contribution is -2.25. The zero-order chi connectivity index (χ0) is 11.0. The Morgan fingerprint density at radius 2 is 1.88 bits per heavy atom. The summed E-state index contributed by atoms with van der Waals surface area (Å²) in [5.41, 5.74) is 9.31. The number of nitrogens with two attached hydrogens (primary N) is 1. The van der Waals surface area contributed by atoms with Crippen molar-refractivity contribution in [3.8, 4) is 0 Å². The van der Waals surface area contributed by atoms with Gasteiger partial charge in [0.1, 0.15) is 0 Å². The summed E-state index contributed by atoms with van der Waals surface area (Å²) in [4.78, 5) is 0. The molecular weight excluding hydrogens is 214 g/mol. The molecule has 0 saturated heterocycles. The third kappa shape index (κ3) is 1.49. The van der Waals surface area contributed by atoms with E-state index in [0.717, 1.165) is 0 Å². The molecule has 1 saturated carbocycles. The van der Waals surface area contributed by atoms with Crippen LogP contribution in [0.1, 0.15) is 30.0 Å². The number of thiophene rings is 1. The van der Waals surface area contributed by atoms with Crippen LogP contribution in [0.4, 0.5) is 0 Å². The molecule has 0 aliphatic heterocycles. The van der Waals surface area contributed by atoms with Gasteiger partial charge in [-0.1, -0.05) is 30.3 Å². The van der Waals surface area contributed by atoms with Crippen molar-refractivity contribution in [2.45, 2.75) is 24.3 Å². The van der Waals surface area contributed by atoms with E-state index in [0.29, 0.717) is 0 Å². The van der Waals surface area contributed by atoms with E-state index >= 15 is 0 Å². The van der Waals surface area contributed by atoms with E-state index in [9.17, 15) is 0 Å². The topological polar surface area (TPSA) is 26.0 Å². The molecule has 0 radical (unpaired) electrons. The minimum absolute atomic E-state index is 0.154. The maximum absolute atomic E-state index is 6.42. The number of hydrogen-bond donors (Lipinski definition) is 1. The molecule has 0 spiro atoms. The highest BCUT2D eigenvalue weighted by Gasteiger charge is 2.49. The maximum Gasteiger partial charge on any atom is 0.0401 e. The highest BCUT2D eigenvalue weighted by atomic mass is 32.1. The molecule has 2 heteroatoms. The van der Waals surface area contributed by atoms with Gasteiger partial charge < -0.3 is 5.73 Å². The van der Waals surface area contributed by atoms with E-state index in [2.05, 4.69) is 47.2 Å². The lowest BCUT2D eigenvalue weighted by Gasteiger charge is -2.23. The first-order valence-corrected chi connectivity index (χ1v) is 6.60. The lowest BCUT2D eigenvalue weighted by molar-refractivity contribution is 0.543. The Hall–Kier alpha value is -1.12. The average Bonchev–Trinajstić information content (AvgIpc) is 2.97. The third-order valence-electron chi connectivity index (χ3n) is 3.64. The first-order chi connectivity index (χ1) is 7.83. The molecule has 1 aliphatic rings. The zero-order valence-corrected chi connectivity index (χ0v) is 9.91. The van der Waals surface area contributed by atoms with Crippen LogP contribution in [0, 0.1) is 0 Å². The molecule has 82 valence electrons. The van der Waals surface area contributed by atoms with Crippen LogP contribution in [0.25, 0.3) is 0 Å². The summed E-state index contributed by atoms with van der Waals surface area (Å²) >= 11 is 1.73. The summed E-state index contributed by atoms with van der Waals surface area (Å²) in [6.07, 6.45) is 2.43. The Morgan fingerprint density at radius 3 is 2.44 bits per heavy atom. The van der Waals surface area contributed by atoms with Gasteiger partial charge in [0.25, 0.3) is 0 Å². The van der Waals surface area contributed by atoms with Crippen molar-refractivity contribution in [2.24, 2.45) is 5.73 Å². The number of hydrogen-bond acceptors (Lipinski definition) is 2. The molecule has 1 fully saturated rings. The minimum Gasteiger partial charge on any atom is -0.323 e. The van der Waals surface area contributed by atoms with Gasteiger partial charge in [0.15, 0.2) is 0 Å². The van der Waals surface area contributed by atoms with Crippen molar-refractivity contribution in [1.29, 1.82) is 0 Å². The van der Waals surface area contributed by atoms with Gasteiger partial charge in [-0.2, -0.15) is 11.3 Å². The Bertz CT molecular complexity index is 457. The normalized spacial score (nSPS) is 19.3. The molecule has 16 heavy (non-hydrogen) atoms. The predicted octanol–water partition coefficient (Wildman–Crippen LogP) is 3.48. The van der Waals surface area contributed by atoms with Crippen molar-refractivity contribution < 1.29 is 0 Å². The first-order valence-electron chi connectivity index (χ1n) is 5.66. The van der Waals surface area contributed by atoms with Crippen LogP contribution in [0.5, 0.6) is 0 Å². The molecule has 2 aromatic rings. The van der Waals surface area contributed by atoms with Crippen LogP contribution in [-0.4, -0.2) is 0 Å². The minimum atomic E-state index is 0.154. The lowest BCUT2D eigenvalue weighted by atomic mass is 9.85. The molecule has 3 rings (SSSR count). The van der Waals surface area contributed by atoms with Crippen LogP contribution in [0.15, 0.2) is 47.2 Å². The zero-order valence-electron chi connectivity index (χ0n) is 9.10. The SMILES string of the molecule is NC(c1ccsc1)C1(c2ccccc2)CC1. The van der Waals surface area contributed by atoms with Crippen LogP contribution < -0.4 is 5.73 Å². The molecule has 1 atom stereocenters. The van der Waals surface area contributed by atoms with E-state index in [4.69, 9.17) is 5.73 Å². The van der Waals surface area contributed by atoms with E-state index in [-0.39, 0.29) is 11.5 Å². The van der Waals surface area contributed by atoms with E-state index in [1.54, 1.807) is 11.3 Å². The van der Waals surface area contributed by atoms with Crippen molar-refractivity contribution in [3.05, 3.63) is 58.3 Å². The van der Waals surface area contributed by atoms with Crippen LogP contribution >= 0.6 is 11.3 Å². The van der Waals surface area contributed by atoms with Gasteiger partial charge in [0.2, 0.25) is 0 Å². The van der Waals surface area contributed by atoms with Gasteiger partial charge in [-0.05, 0) is 40.8 Å². The van der Waals surface area contributed by atoms with Crippen molar-refractivity contribution in [2.75, 3.05) is 0 Å². The van der Waals surface area contributed by atoms with Crippen molar-refractivity contribution in [3.63, 3.8) is 0 Å². The molecule has 1 heterocycles. The van der Waals surface area contributed by atoms with Gasteiger partial charge >= 0.3 is 0 Å². The highest BCUT2D eigenvalue weighted by molar-refractivity contribution is 7.07. The van der Waals surface area contributed by atoms with Gasteiger partial charge in [-0.3, -0.25) is 0 Å². The molecule has 1 aromatic carbocycles. The van der Waals surface area contributed by atoms with Gasteiger partial charge in [-0.25, -0.2) is 0 Å². The largest absolute Gasteiger partial charge is 0.323 e. The number of benzene rings is 1. The van der Waals surface area contributed by atoms with Crippen LogP contribution in [0.2, 0.25) is 0 Å². The monoisotopic (exact) mass is 229 g/mol. The first kappa shape index (κ1) is 10.1. The number of rotatable bonds is 3. The van der Waals surface area contributed by atoms with Crippen molar-refractivity contribution in [1.82, 2.24) is 0 Å². The highest BCUT2D eigenvalue weighted by Crippen LogP contribution is 2.55. The summed E-state index contributed by atoms with van der Waals surface area (Å²) in [7, 11) is 0. The predicted molar refractivity (Wildman–Crippen MR) is 68.6 cm³/mol. The second kappa shape index (κ2) is 3.72. The summed E-state index contributed by atoms with van der Waals surface area (Å²) in [6.45, 7) is 0. The average molecular weight is 229 g/mol. The second-order valence-electron chi connectivity index (χ2n) is 4.56. The Balaban J connectivity index is 1.95. The Kier molecular flexibility index (Phi) is 2.34. The summed E-state index contributed by atoms with van der Waals surface area (Å²) in [5.74, 6) is 0. The van der Waals surface area contributed by atoms with E-state index < -0.39 is 0 Å². The summed E-state index contributed by atoms with van der Waals surface area (Å²) in [6, 6.07) is 13.0. The van der Waals surface area contributed by atoms with Gasteiger partial charge in [0, 0.05) is 11.5 Å². The molecule has 2 N–H and O–H groups in total. The van der Waals surface area contributed by atoms with Crippen LogP contribution in [0.3, 0.4) is 0 Å². The quantitative estimate of drug-likeness (QED) is 0.856. The maximum atomic E-state index is 6.42. The van der Waals surface area contributed by atoms with E-state index in [1.807, 2.05) is 0 Å². The fraction of sp³-hybridized carbons (Fsp3) is 0.286. The van der Waals surface area contributed by atoms with Gasteiger partial charge in [0.05, 0.1) is 0 Å². The molecular formula is C14H15NS. The molecule has 1 aromatic heterocycles. The fourth-order valence-electron chi connectivity index (χ4n) is 2.45. The molecule has 0 amide bonds. The summed E-state index contributed by atoms with van der Waals surface area (Å²) in [5, 5.41) is 4.28. The smallest absolute Gasteiger partial charge is 0.0401 e. The van der Waals surface area contributed by atoms with E-state index in [1.165, 1.54) is 24.0 Å². The Labute approximate surface area is 99.9 Å². The molecule has 1 aliphatic carbocycles. The van der Waals surface area contributed by atoms with Gasteiger partial charge in [-0.15, -0.1) is 0 Å².